The number of hydrogen-bond donors (Lipinski definition) is 3. The first-order chi connectivity index (χ1) is 21.6. The minimum Gasteiger partial charge on any atom is -0.481 e. The van der Waals surface area contributed by atoms with Crippen molar-refractivity contribution in [2.75, 3.05) is 6.61 Å². The van der Waals surface area contributed by atoms with Gasteiger partial charge >= 0.3 is 11.9 Å². The van der Waals surface area contributed by atoms with Gasteiger partial charge in [-0.15, -0.1) is 0 Å². The molecule has 0 spiro atoms. The van der Waals surface area contributed by atoms with Gasteiger partial charge in [-0.3, -0.25) is 9.59 Å². The molecule has 0 rings (SSSR count). The third-order valence-corrected chi connectivity index (χ3v) is 8.83. The molecule has 44 heavy (non-hydrogen) atoms. The lowest BCUT2D eigenvalue weighted by molar-refractivity contribution is -0.138. The van der Waals surface area contributed by atoms with Gasteiger partial charge in [-0.1, -0.05) is 133 Å². The Hall–Kier alpha value is -1.62. The van der Waals surface area contributed by atoms with Crippen molar-refractivity contribution in [1.82, 2.24) is 0 Å². The molecular formula is C39H72O5. The minimum absolute atomic E-state index is 0.314. The molecule has 0 aromatic carbocycles. The predicted octanol–water partition coefficient (Wildman–Crippen LogP) is 12.0. The highest BCUT2D eigenvalue weighted by molar-refractivity contribution is 5.66. The second-order valence-electron chi connectivity index (χ2n) is 13.1. The van der Waals surface area contributed by atoms with Crippen LogP contribution in [0.5, 0.6) is 0 Å². The molecule has 0 bridgehead atoms. The lowest BCUT2D eigenvalue weighted by atomic mass is 9.95. The van der Waals surface area contributed by atoms with E-state index in [4.69, 9.17) is 10.2 Å². The molecule has 0 saturated carbocycles. The maximum atomic E-state index is 10.5. The van der Waals surface area contributed by atoms with Crippen molar-refractivity contribution in [2.45, 2.75) is 199 Å². The molecular weight excluding hydrogens is 548 g/mol. The highest BCUT2D eigenvalue weighted by Gasteiger charge is 2.07. The molecule has 0 fully saturated rings. The van der Waals surface area contributed by atoms with E-state index < -0.39 is 11.9 Å². The first kappa shape index (κ1) is 42.4. The molecule has 0 saturated heterocycles. The molecule has 0 aliphatic rings. The minimum atomic E-state index is -0.675. The van der Waals surface area contributed by atoms with E-state index in [1.54, 1.807) is 0 Å². The highest BCUT2D eigenvalue weighted by Crippen LogP contribution is 2.19. The van der Waals surface area contributed by atoms with Crippen LogP contribution in [0.1, 0.15) is 199 Å². The Kier molecular flexibility index (Phi) is 34.5. The fourth-order valence-corrected chi connectivity index (χ4v) is 5.92. The number of hydrogen-bond acceptors (Lipinski definition) is 3. The predicted molar refractivity (Wildman–Crippen MR) is 187 cm³/mol. The van der Waals surface area contributed by atoms with Gasteiger partial charge in [0.25, 0.3) is 0 Å². The zero-order chi connectivity index (χ0) is 32.2. The van der Waals surface area contributed by atoms with Crippen molar-refractivity contribution in [3.8, 4) is 0 Å². The summed E-state index contributed by atoms with van der Waals surface area (Å²) in [5.74, 6) is -0.840. The molecule has 0 heterocycles. The van der Waals surface area contributed by atoms with Gasteiger partial charge in [0, 0.05) is 19.4 Å². The van der Waals surface area contributed by atoms with Gasteiger partial charge in [0.15, 0.2) is 0 Å². The van der Waals surface area contributed by atoms with Crippen LogP contribution in [0.4, 0.5) is 0 Å². The maximum Gasteiger partial charge on any atom is 0.303 e. The molecule has 5 nitrogen and oxygen atoms in total. The summed E-state index contributed by atoms with van der Waals surface area (Å²) in [6.07, 6.45) is 45.1. The van der Waals surface area contributed by atoms with Crippen LogP contribution in [-0.4, -0.2) is 33.9 Å². The second-order valence-corrected chi connectivity index (χ2v) is 13.1. The third-order valence-electron chi connectivity index (χ3n) is 8.83. The van der Waals surface area contributed by atoms with Crippen LogP contribution in [0.3, 0.4) is 0 Å². The Morgan fingerprint density at radius 2 is 0.636 bits per heavy atom. The van der Waals surface area contributed by atoms with E-state index in [9.17, 15) is 14.7 Å². The fraction of sp³-hybridized carbons (Fsp3) is 0.846. The molecule has 0 aliphatic carbocycles. The van der Waals surface area contributed by atoms with E-state index in [-0.39, 0.29) is 0 Å². The number of aliphatic hydroxyl groups excluding tert-OH is 1. The molecule has 3 N–H and O–H groups in total. The summed E-state index contributed by atoms with van der Waals surface area (Å²) in [5.41, 5.74) is 0. The van der Waals surface area contributed by atoms with Crippen molar-refractivity contribution in [3.05, 3.63) is 24.3 Å². The van der Waals surface area contributed by atoms with Crippen molar-refractivity contribution >= 4 is 11.9 Å². The number of unbranched alkanes of at least 4 members (excludes halogenated alkanes) is 23. The molecule has 1 atom stereocenters. The van der Waals surface area contributed by atoms with Gasteiger partial charge in [0.2, 0.25) is 0 Å². The van der Waals surface area contributed by atoms with Crippen molar-refractivity contribution < 1.29 is 24.9 Å². The highest BCUT2D eigenvalue weighted by atomic mass is 16.4. The standard InChI is InChI=1S/C39H72O5/c40-36-37(33-29-25-21-17-13-9-5-3-7-11-15-19-23-27-31-35-39(43)44)32-28-24-20-16-12-8-4-1-2-6-10-14-18-22-26-30-34-38(41)42/h2-3,6-7,37,40H,1,4-5,8-36H2,(H,41,42)(H,43,44)/b6-2-,7-3-/t37-/m0/s1. The van der Waals surface area contributed by atoms with Gasteiger partial charge in [0.1, 0.15) is 0 Å². The first-order valence-electron chi connectivity index (χ1n) is 18.9. The van der Waals surface area contributed by atoms with Crippen LogP contribution in [0.15, 0.2) is 24.3 Å². The Labute approximate surface area is 272 Å². The van der Waals surface area contributed by atoms with Crippen LogP contribution >= 0.6 is 0 Å². The van der Waals surface area contributed by atoms with Crippen molar-refractivity contribution in [3.63, 3.8) is 0 Å². The van der Waals surface area contributed by atoms with E-state index in [1.165, 1.54) is 135 Å². The van der Waals surface area contributed by atoms with E-state index in [0.717, 1.165) is 51.4 Å². The van der Waals surface area contributed by atoms with Gasteiger partial charge in [-0.2, -0.15) is 0 Å². The smallest absolute Gasteiger partial charge is 0.303 e. The molecule has 0 aromatic rings. The summed E-state index contributed by atoms with van der Waals surface area (Å²) in [5, 5.41) is 27.0. The Bertz CT molecular complexity index is 671. The summed E-state index contributed by atoms with van der Waals surface area (Å²) < 4.78 is 0. The average Bonchev–Trinajstić information content (AvgIpc) is 3.00. The first-order valence-corrected chi connectivity index (χ1v) is 18.9. The van der Waals surface area contributed by atoms with E-state index in [0.29, 0.717) is 25.4 Å². The second kappa shape index (κ2) is 35.9. The van der Waals surface area contributed by atoms with E-state index in [2.05, 4.69) is 24.3 Å². The molecule has 0 aliphatic heterocycles. The summed E-state index contributed by atoms with van der Waals surface area (Å²) in [4.78, 5) is 21.0. The van der Waals surface area contributed by atoms with Crippen molar-refractivity contribution in [1.29, 1.82) is 0 Å². The quantitative estimate of drug-likeness (QED) is 0.0478. The van der Waals surface area contributed by atoms with Crippen LogP contribution in [0.2, 0.25) is 0 Å². The van der Waals surface area contributed by atoms with Crippen LogP contribution in [0.25, 0.3) is 0 Å². The van der Waals surface area contributed by atoms with Crippen LogP contribution in [-0.2, 0) is 9.59 Å². The number of carbonyl (C=O) groups is 2. The van der Waals surface area contributed by atoms with Gasteiger partial charge in [-0.05, 0) is 83.0 Å². The zero-order valence-electron chi connectivity index (χ0n) is 28.7. The molecule has 258 valence electrons. The topological polar surface area (TPSA) is 94.8 Å². The van der Waals surface area contributed by atoms with Gasteiger partial charge in [-0.25, -0.2) is 0 Å². The number of carboxylic acid groups (broad SMARTS) is 2. The summed E-state index contributed by atoms with van der Waals surface area (Å²) >= 11 is 0. The van der Waals surface area contributed by atoms with Gasteiger partial charge in [0.05, 0.1) is 0 Å². The largest absolute Gasteiger partial charge is 0.481 e. The number of carboxylic acids is 2. The summed E-state index contributed by atoms with van der Waals surface area (Å²) in [6, 6.07) is 0. The molecule has 0 unspecified atom stereocenters. The van der Waals surface area contributed by atoms with Gasteiger partial charge < -0.3 is 15.3 Å². The summed E-state index contributed by atoms with van der Waals surface area (Å²) in [7, 11) is 0. The Morgan fingerprint density at radius 3 is 0.909 bits per heavy atom. The van der Waals surface area contributed by atoms with Crippen LogP contribution < -0.4 is 0 Å². The lowest BCUT2D eigenvalue weighted by Gasteiger charge is -2.13. The number of rotatable bonds is 36. The third kappa shape index (κ3) is 36.6. The Morgan fingerprint density at radius 1 is 0.386 bits per heavy atom. The number of allylic oxidation sites excluding steroid dienone is 4. The lowest BCUT2D eigenvalue weighted by Crippen LogP contribution is -2.06. The molecule has 0 radical (unpaired) electrons. The normalized spacial score (nSPS) is 12.5. The Balaban J connectivity index is 3.35. The average molecular weight is 621 g/mol. The van der Waals surface area contributed by atoms with E-state index in [1.807, 2.05) is 0 Å². The van der Waals surface area contributed by atoms with Crippen molar-refractivity contribution in [2.24, 2.45) is 5.92 Å². The fourth-order valence-electron chi connectivity index (χ4n) is 5.92. The molecule has 0 aromatic heterocycles. The zero-order valence-corrected chi connectivity index (χ0v) is 28.7. The SMILES string of the molecule is O=C(O)CCCCCCC/C=C\CCCCCCCCC[C@H](CO)CCCCCCCC/C=C\CCCCCCCC(=O)O. The number of aliphatic hydroxyl groups is 1. The van der Waals surface area contributed by atoms with Crippen LogP contribution in [0, 0.1) is 5.92 Å². The monoisotopic (exact) mass is 621 g/mol. The summed E-state index contributed by atoms with van der Waals surface area (Å²) in [6.45, 7) is 0.358. The number of aliphatic carboxylic acids is 2. The molecule has 5 heteroatoms. The maximum absolute atomic E-state index is 10.5. The molecule has 0 amide bonds. The van der Waals surface area contributed by atoms with E-state index >= 15 is 0 Å².